The number of carbonyl (C=O) groups is 1. The quantitative estimate of drug-likeness (QED) is 0.766. The number of hydrogen-bond donors (Lipinski definition) is 0. The van der Waals surface area contributed by atoms with Crippen molar-refractivity contribution in [2.45, 2.75) is 51.2 Å². The lowest BCUT2D eigenvalue weighted by Crippen LogP contribution is -2.37. The van der Waals surface area contributed by atoms with Crippen molar-refractivity contribution in [3.63, 3.8) is 0 Å². The summed E-state index contributed by atoms with van der Waals surface area (Å²) < 4.78 is 11.1. The van der Waals surface area contributed by atoms with Crippen LogP contribution in [0.15, 0.2) is 18.5 Å². The van der Waals surface area contributed by atoms with Crippen molar-refractivity contribution in [1.29, 1.82) is 0 Å². The summed E-state index contributed by atoms with van der Waals surface area (Å²) in [5.41, 5.74) is -0.0834. The number of rotatable bonds is 5. The minimum atomic E-state index is -0.655. The lowest BCUT2D eigenvalue weighted by molar-refractivity contribution is 0.00596. The molecule has 1 aromatic heterocycles. The zero-order valence-electron chi connectivity index (χ0n) is 11.8. The number of nitrogens with zero attached hydrogens (tertiary/aromatic N) is 1. The third-order valence-electron chi connectivity index (χ3n) is 3.56. The van der Waals surface area contributed by atoms with Crippen LogP contribution in [-0.4, -0.2) is 29.6 Å². The SMILES string of the molecule is COC1(C(=O)c2cncc(OC(C)C)c2)CCCC1. The number of carbonyl (C=O) groups excluding carboxylic acids is 1. The first-order chi connectivity index (χ1) is 9.07. The first-order valence-electron chi connectivity index (χ1n) is 6.79. The second kappa shape index (κ2) is 5.70. The van der Waals surface area contributed by atoms with Crippen LogP contribution in [0.1, 0.15) is 49.9 Å². The molecule has 0 radical (unpaired) electrons. The highest BCUT2D eigenvalue weighted by atomic mass is 16.5. The van der Waals surface area contributed by atoms with Crippen molar-refractivity contribution in [3.05, 3.63) is 24.0 Å². The summed E-state index contributed by atoms with van der Waals surface area (Å²) in [6.07, 6.45) is 6.94. The van der Waals surface area contributed by atoms with Crippen molar-refractivity contribution in [2.75, 3.05) is 7.11 Å². The third kappa shape index (κ3) is 2.95. The minimum Gasteiger partial charge on any atom is -0.489 e. The normalized spacial score (nSPS) is 17.7. The largest absolute Gasteiger partial charge is 0.489 e. The molecule has 1 aliphatic rings. The van der Waals surface area contributed by atoms with Gasteiger partial charge in [-0.2, -0.15) is 0 Å². The lowest BCUT2D eigenvalue weighted by Gasteiger charge is -2.25. The Balaban J connectivity index is 2.23. The molecule has 0 N–H and O–H groups in total. The molecule has 4 heteroatoms. The number of ether oxygens (including phenoxy) is 2. The summed E-state index contributed by atoms with van der Waals surface area (Å²) in [5, 5.41) is 0. The average molecular weight is 263 g/mol. The predicted molar refractivity (Wildman–Crippen MR) is 72.5 cm³/mol. The fraction of sp³-hybridized carbons (Fsp3) is 0.600. The van der Waals surface area contributed by atoms with Crippen LogP contribution in [0.25, 0.3) is 0 Å². The van der Waals surface area contributed by atoms with Crippen LogP contribution in [0.2, 0.25) is 0 Å². The van der Waals surface area contributed by atoms with E-state index in [1.165, 1.54) is 0 Å². The first kappa shape index (κ1) is 14.0. The van der Waals surface area contributed by atoms with Gasteiger partial charge in [-0.05, 0) is 45.6 Å². The average Bonchev–Trinajstić information content (AvgIpc) is 2.87. The predicted octanol–water partition coefficient (Wildman–Crippen LogP) is 3.01. The summed E-state index contributed by atoms with van der Waals surface area (Å²) >= 11 is 0. The van der Waals surface area contributed by atoms with Crippen molar-refractivity contribution in [1.82, 2.24) is 4.98 Å². The van der Waals surface area contributed by atoms with Gasteiger partial charge in [0, 0.05) is 18.9 Å². The van der Waals surface area contributed by atoms with E-state index < -0.39 is 5.60 Å². The fourth-order valence-electron chi connectivity index (χ4n) is 2.61. The maximum atomic E-state index is 12.6. The van der Waals surface area contributed by atoms with Gasteiger partial charge in [0.1, 0.15) is 11.4 Å². The van der Waals surface area contributed by atoms with Gasteiger partial charge in [-0.25, -0.2) is 0 Å². The monoisotopic (exact) mass is 263 g/mol. The standard InChI is InChI=1S/C15H21NO3/c1-11(2)19-13-8-12(9-16-10-13)14(17)15(18-3)6-4-5-7-15/h8-11H,4-7H2,1-3H3. The maximum absolute atomic E-state index is 12.6. The van der Waals surface area contributed by atoms with Gasteiger partial charge in [-0.1, -0.05) is 0 Å². The van der Waals surface area contributed by atoms with E-state index in [0.29, 0.717) is 11.3 Å². The van der Waals surface area contributed by atoms with Crippen molar-refractivity contribution < 1.29 is 14.3 Å². The topological polar surface area (TPSA) is 48.4 Å². The molecule has 0 amide bonds. The maximum Gasteiger partial charge on any atom is 0.196 e. The molecule has 1 aromatic rings. The van der Waals surface area contributed by atoms with E-state index in [0.717, 1.165) is 25.7 Å². The molecule has 4 nitrogen and oxygen atoms in total. The van der Waals surface area contributed by atoms with Gasteiger partial charge < -0.3 is 9.47 Å². The van der Waals surface area contributed by atoms with E-state index in [1.807, 2.05) is 13.8 Å². The molecule has 1 aliphatic carbocycles. The van der Waals surface area contributed by atoms with Crippen molar-refractivity contribution >= 4 is 5.78 Å². The van der Waals surface area contributed by atoms with Gasteiger partial charge in [-0.3, -0.25) is 9.78 Å². The minimum absolute atomic E-state index is 0.0224. The molecule has 0 aliphatic heterocycles. The van der Waals surface area contributed by atoms with Crippen LogP contribution in [0.4, 0.5) is 0 Å². The van der Waals surface area contributed by atoms with Crippen LogP contribution in [-0.2, 0) is 4.74 Å². The van der Waals surface area contributed by atoms with E-state index in [2.05, 4.69) is 4.98 Å². The van der Waals surface area contributed by atoms with Crippen LogP contribution in [0.5, 0.6) is 5.75 Å². The molecule has 1 saturated carbocycles. The zero-order valence-corrected chi connectivity index (χ0v) is 11.8. The van der Waals surface area contributed by atoms with Gasteiger partial charge in [0.05, 0.1) is 12.3 Å². The van der Waals surface area contributed by atoms with E-state index in [1.54, 1.807) is 25.6 Å². The van der Waals surface area contributed by atoms with Crippen molar-refractivity contribution in [2.24, 2.45) is 0 Å². The Labute approximate surface area is 114 Å². The van der Waals surface area contributed by atoms with Crippen molar-refractivity contribution in [3.8, 4) is 5.75 Å². The molecule has 0 bridgehead atoms. The Morgan fingerprint density at radius 3 is 2.58 bits per heavy atom. The van der Waals surface area contributed by atoms with Crippen LogP contribution in [0, 0.1) is 0 Å². The molecule has 1 fully saturated rings. The van der Waals surface area contributed by atoms with Gasteiger partial charge >= 0.3 is 0 Å². The molecule has 104 valence electrons. The number of pyridine rings is 1. The molecule has 0 unspecified atom stereocenters. The summed E-state index contributed by atoms with van der Waals surface area (Å²) in [7, 11) is 1.62. The Morgan fingerprint density at radius 1 is 1.32 bits per heavy atom. The Kier molecular flexibility index (Phi) is 4.20. The molecular formula is C15H21NO3. The molecule has 0 aromatic carbocycles. The van der Waals surface area contributed by atoms with E-state index in [9.17, 15) is 4.79 Å². The van der Waals surface area contributed by atoms with E-state index in [4.69, 9.17) is 9.47 Å². The zero-order chi connectivity index (χ0) is 13.9. The smallest absolute Gasteiger partial charge is 0.196 e. The number of hydrogen-bond acceptors (Lipinski definition) is 4. The third-order valence-corrected chi connectivity index (χ3v) is 3.56. The van der Waals surface area contributed by atoms with Crippen LogP contribution in [0.3, 0.4) is 0 Å². The summed E-state index contributed by atoms with van der Waals surface area (Å²) in [5.74, 6) is 0.652. The number of aromatic nitrogens is 1. The van der Waals surface area contributed by atoms with E-state index >= 15 is 0 Å². The van der Waals surface area contributed by atoms with Gasteiger partial charge in [0.15, 0.2) is 5.78 Å². The second-order valence-electron chi connectivity index (χ2n) is 5.31. The van der Waals surface area contributed by atoms with Crippen LogP contribution >= 0.6 is 0 Å². The van der Waals surface area contributed by atoms with Crippen LogP contribution < -0.4 is 4.74 Å². The summed E-state index contributed by atoms with van der Waals surface area (Å²) in [4.78, 5) is 16.7. The van der Waals surface area contributed by atoms with Gasteiger partial charge in [0.2, 0.25) is 0 Å². The molecule has 0 saturated heterocycles. The van der Waals surface area contributed by atoms with Gasteiger partial charge in [0.25, 0.3) is 0 Å². The number of Topliss-reactive ketones (excluding diaryl/α,β-unsaturated/α-hetero) is 1. The highest BCUT2D eigenvalue weighted by Crippen LogP contribution is 2.35. The first-order valence-corrected chi connectivity index (χ1v) is 6.79. The fourth-order valence-corrected chi connectivity index (χ4v) is 2.61. The second-order valence-corrected chi connectivity index (χ2v) is 5.31. The number of ketones is 1. The highest BCUT2D eigenvalue weighted by Gasteiger charge is 2.41. The summed E-state index contributed by atoms with van der Waals surface area (Å²) in [6, 6.07) is 1.76. The lowest BCUT2D eigenvalue weighted by atomic mass is 9.92. The molecule has 0 spiro atoms. The Morgan fingerprint density at radius 2 is 2.00 bits per heavy atom. The molecule has 2 rings (SSSR count). The summed E-state index contributed by atoms with van der Waals surface area (Å²) in [6.45, 7) is 3.89. The number of methoxy groups -OCH3 is 1. The molecular weight excluding hydrogens is 242 g/mol. The highest BCUT2D eigenvalue weighted by molar-refractivity contribution is 6.02. The van der Waals surface area contributed by atoms with Gasteiger partial charge in [-0.15, -0.1) is 0 Å². The Hall–Kier alpha value is -1.42. The molecule has 1 heterocycles. The Bertz CT molecular complexity index is 450. The molecule has 19 heavy (non-hydrogen) atoms. The molecule has 0 atom stereocenters. The van der Waals surface area contributed by atoms with E-state index in [-0.39, 0.29) is 11.9 Å².